The summed E-state index contributed by atoms with van der Waals surface area (Å²) in [5.41, 5.74) is 10.9. The highest BCUT2D eigenvalue weighted by Crippen LogP contribution is 2.23. The Bertz CT molecular complexity index is 1100. The molecule has 0 aliphatic carbocycles. The molecule has 7 nitrogen and oxygen atoms in total. The number of carbonyl (C=O) groups excluding carboxylic acids is 1. The van der Waals surface area contributed by atoms with Gasteiger partial charge in [-0.1, -0.05) is 60.7 Å². The Balaban J connectivity index is 1.25. The summed E-state index contributed by atoms with van der Waals surface area (Å²) in [5.74, 6) is 0. The number of anilines is 1. The molecule has 4 rings (SSSR count). The van der Waals surface area contributed by atoms with Crippen molar-refractivity contribution in [3.8, 4) is 11.1 Å². The van der Waals surface area contributed by atoms with E-state index in [4.69, 9.17) is 5.73 Å². The zero-order chi connectivity index (χ0) is 25.3. The summed E-state index contributed by atoms with van der Waals surface area (Å²) in [4.78, 5) is 16.8. The zero-order valence-corrected chi connectivity index (χ0v) is 20.9. The first kappa shape index (κ1) is 25.9. The van der Waals surface area contributed by atoms with E-state index in [1.54, 1.807) is 0 Å². The summed E-state index contributed by atoms with van der Waals surface area (Å²) < 4.78 is 0. The first-order chi connectivity index (χ1) is 17.5. The van der Waals surface area contributed by atoms with Gasteiger partial charge in [-0.2, -0.15) is 0 Å². The molecule has 1 saturated heterocycles. The molecule has 1 unspecified atom stereocenters. The third kappa shape index (κ3) is 7.38. The number of hydrogen-bond acceptors (Lipinski definition) is 5. The second-order valence-electron chi connectivity index (χ2n) is 9.54. The first-order valence-electron chi connectivity index (χ1n) is 12.6. The molecule has 0 bridgehead atoms. The number of benzene rings is 3. The summed E-state index contributed by atoms with van der Waals surface area (Å²) in [6.45, 7) is 3.73. The fourth-order valence-electron chi connectivity index (χ4n) is 4.60. The average Bonchev–Trinajstić information content (AvgIpc) is 2.90. The molecule has 5 N–H and O–H groups in total. The Morgan fingerprint density at radius 1 is 1.00 bits per heavy atom. The van der Waals surface area contributed by atoms with Crippen LogP contribution in [0.25, 0.3) is 11.1 Å². The zero-order valence-electron chi connectivity index (χ0n) is 20.9. The third-order valence-corrected chi connectivity index (χ3v) is 6.73. The average molecular weight is 488 g/mol. The van der Waals surface area contributed by atoms with Crippen molar-refractivity contribution in [2.45, 2.75) is 38.2 Å². The number of urea groups is 1. The van der Waals surface area contributed by atoms with Gasteiger partial charge in [0.1, 0.15) is 6.23 Å². The van der Waals surface area contributed by atoms with Crippen molar-refractivity contribution in [2.24, 2.45) is 5.73 Å². The van der Waals surface area contributed by atoms with E-state index in [1.807, 2.05) is 54.4 Å². The van der Waals surface area contributed by atoms with Crippen LogP contribution in [0.4, 0.5) is 10.5 Å². The molecule has 0 radical (unpaired) electrons. The summed E-state index contributed by atoms with van der Waals surface area (Å²) in [6.07, 6.45) is 1.24. The van der Waals surface area contributed by atoms with Crippen LogP contribution in [0.15, 0.2) is 78.9 Å². The van der Waals surface area contributed by atoms with E-state index in [-0.39, 0.29) is 18.6 Å². The highest BCUT2D eigenvalue weighted by Gasteiger charge is 2.20. The molecular formula is C29H37N5O2. The quantitative estimate of drug-likeness (QED) is 0.344. The van der Waals surface area contributed by atoms with Gasteiger partial charge < -0.3 is 21.5 Å². The molecule has 3 aromatic carbocycles. The molecule has 1 aliphatic rings. The molecule has 2 amide bonds. The minimum Gasteiger partial charge on any atom is -0.377 e. The van der Waals surface area contributed by atoms with Gasteiger partial charge in [-0.25, -0.2) is 4.79 Å². The second-order valence-corrected chi connectivity index (χ2v) is 9.54. The van der Waals surface area contributed by atoms with Crippen molar-refractivity contribution < 1.29 is 9.90 Å². The lowest BCUT2D eigenvalue weighted by molar-refractivity contribution is 0.0246. The molecule has 0 saturated carbocycles. The maximum Gasteiger partial charge on any atom is 0.319 e. The molecule has 1 heterocycles. The maximum absolute atomic E-state index is 12.6. The number of rotatable bonds is 9. The highest BCUT2D eigenvalue weighted by molar-refractivity contribution is 5.89. The van der Waals surface area contributed by atoms with E-state index in [0.29, 0.717) is 6.54 Å². The van der Waals surface area contributed by atoms with Gasteiger partial charge in [0.05, 0.1) is 0 Å². The van der Waals surface area contributed by atoms with Crippen molar-refractivity contribution in [2.75, 3.05) is 32.0 Å². The molecule has 0 spiro atoms. The van der Waals surface area contributed by atoms with E-state index >= 15 is 0 Å². The minimum atomic E-state index is -0.660. The number of amides is 2. The number of carbonyl (C=O) groups is 1. The van der Waals surface area contributed by atoms with Crippen LogP contribution in [0, 0.1) is 0 Å². The number of nitrogens with zero attached hydrogens (tertiary/aromatic N) is 2. The monoisotopic (exact) mass is 487 g/mol. The number of hydrogen-bond donors (Lipinski definition) is 4. The van der Waals surface area contributed by atoms with Gasteiger partial charge in [-0.05, 0) is 60.3 Å². The molecule has 1 aliphatic heterocycles. The van der Waals surface area contributed by atoms with Gasteiger partial charge >= 0.3 is 6.03 Å². The second kappa shape index (κ2) is 12.6. The van der Waals surface area contributed by atoms with E-state index < -0.39 is 6.23 Å². The molecule has 0 aromatic heterocycles. The van der Waals surface area contributed by atoms with Crippen LogP contribution >= 0.6 is 0 Å². The van der Waals surface area contributed by atoms with E-state index in [1.165, 1.54) is 5.56 Å². The number of nitrogens with two attached hydrogens (primary N) is 1. The van der Waals surface area contributed by atoms with Crippen LogP contribution in [0.3, 0.4) is 0 Å². The smallest absolute Gasteiger partial charge is 0.319 e. The highest BCUT2D eigenvalue weighted by atomic mass is 16.3. The standard InChI is InChI=1S/C29H37N5O2/c1-33(28(35)19-30)20-23-8-5-9-25(18-23)24-10-12-26(13-11-24)31-29(36)32-27-14-16-34(17-15-27)21-22-6-3-2-4-7-22/h2-13,18,27-28,35H,14-17,19-21,30H2,1H3,(H2,31,32,36). The normalized spacial score (nSPS) is 15.6. The Labute approximate surface area is 213 Å². The Morgan fingerprint density at radius 2 is 1.69 bits per heavy atom. The van der Waals surface area contributed by atoms with Crippen molar-refractivity contribution in [3.63, 3.8) is 0 Å². The van der Waals surface area contributed by atoms with Crippen LogP contribution in [0.2, 0.25) is 0 Å². The minimum absolute atomic E-state index is 0.159. The molecule has 36 heavy (non-hydrogen) atoms. The molecule has 1 atom stereocenters. The third-order valence-electron chi connectivity index (χ3n) is 6.73. The fraction of sp³-hybridized carbons (Fsp3) is 0.345. The lowest BCUT2D eigenvalue weighted by Crippen LogP contribution is -2.45. The van der Waals surface area contributed by atoms with Gasteiger partial charge in [0.25, 0.3) is 0 Å². The number of likely N-dealkylation sites (tertiary alicyclic amines) is 1. The molecule has 1 fully saturated rings. The Hall–Kier alpha value is -3.23. The predicted octanol–water partition coefficient (Wildman–Crippen LogP) is 3.85. The van der Waals surface area contributed by atoms with Crippen LogP contribution in [0.1, 0.15) is 24.0 Å². The SMILES string of the molecule is CN(Cc1cccc(-c2ccc(NC(=O)NC3CCN(Cc4ccccc4)CC3)cc2)c1)C(O)CN. The van der Waals surface area contributed by atoms with Crippen LogP contribution < -0.4 is 16.4 Å². The topological polar surface area (TPSA) is 93.9 Å². The lowest BCUT2D eigenvalue weighted by atomic mass is 10.0. The van der Waals surface area contributed by atoms with Gasteiger partial charge in [-0.3, -0.25) is 9.80 Å². The largest absolute Gasteiger partial charge is 0.377 e. The summed E-state index contributed by atoms with van der Waals surface area (Å²) in [5, 5.41) is 16.0. The lowest BCUT2D eigenvalue weighted by Gasteiger charge is -2.32. The van der Waals surface area contributed by atoms with Gasteiger partial charge in [0, 0.05) is 44.5 Å². The molecule has 7 heteroatoms. The molecular weight excluding hydrogens is 450 g/mol. The van der Waals surface area contributed by atoms with Crippen molar-refractivity contribution in [3.05, 3.63) is 90.0 Å². The van der Waals surface area contributed by atoms with Crippen molar-refractivity contribution in [1.29, 1.82) is 0 Å². The van der Waals surface area contributed by atoms with Crippen LogP contribution in [-0.2, 0) is 13.1 Å². The van der Waals surface area contributed by atoms with E-state index in [9.17, 15) is 9.90 Å². The van der Waals surface area contributed by atoms with Crippen molar-refractivity contribution >= 4 is 11.7 Å². The van der Waals surface area contributed by atoms with Gasteiger partial charge in [0.15, 0.2) is 0 Å². The maximum atomic E-state index is 12.6. The Kier molecular flexibility index (Phi) is 9.08. The summed E-state index contributed by atoms with van der Waals surface area (Å²) >= 11 is 0. The van der Waals surface area contributed by atoms with Gasteiger partial charge in [-0.15, -0.1) is 0 Å². The number of aliphatic hydroxyl groups is 1. The molecule has 190 valence electrons. The number of piperidine rings is 1. The van der Waals surface area contributed by atoms with Crippen LogP contribution in [0.5, 0.6) is 0 Å². The number of nitrogens with one attached hydrogen (secondary N) is 2. The van der Waals surface area contributed by atoms with Gasteiger partial charge in [0.2, 0.25) is 0 Å². The molecule has 3 aromatic rings. The van der Waals surface area contributed by atoms with Crippen molar-refractivity contribution in [1.82, 2.24) is 15.1 Å². The predicted molar refractivity (Wildman–Crippen MR) is 145 cm³/mol. The fourth-order valence-corrected chi connectivity index (χ4v) is 4.60. The van der Waals surface area contributed by atoms with Crippen LogP contribution in [-0.4, -0.2) is 59.9 Å². The van der Waals surface area contributed by atoms with E-state index in [2.05, 4.69) is 51.9 Å². The Morgan fingerprint density at radius 3 is 2.39 bits per heavy atom. The number of aliphatic hydroxyl groups excluding tert-OH is 1. The number of likely N-dealkylation sites (N-methyl/N-ethyl adjacent to an activating group) is 1. The summed E-state index contributed by atoms with van der Waals surface area (Å²) in [7, 11) is 1.85. The van der Waals surface area contributed by atoms with E-state index in [0.717, 1.165) is 54.9 Å². The first-order valence-corrected chi connectivity index (χ1v) is 12.6. The summed E-state index contributed by atoms with van der Waals surface area (Å²) in [6, 6.07) is 26.6.